The first-order valence-electron chi connectivity index (χ1n) is 8.07. The zero-order chi connectivity index (χ0) is 17.9. The molecule has 4 aromatic rings. The lowest BCUT2D eigenvalue weighted by Gasteiger charge is -2.08. The second-order valence-electron chi connectivity index (χ2n) is 5.70. The SMILES string of the molecule is COc1ccc(CNc2cccc(-c3c[nH]c4ncc(Cl)nc34)n2)cc1. The zero-order valence-electron chi connectivity index (χ0n) is 14.0. The maximum atomic E-state index is 5.98. The number of aromatic nitrogens is 4. The molecule has 0 saturated heterocycles. The average molecular weight is 366 g/mol. The fourth-order valence-corrected chi connectivity index (χ4v) is 2.82. The number of nitrogens with zero attached hydrogens (tertiary/aromatic N) is 3. The van der Waals surface area contributed by atoms with Gasteiger partial charge in [-0.05, 0) is 29.8 Å². The van der Waals surface area contributed by atoms with Crippen molar-refractivity contribution in [1.29, 1.82) is 0 Å². The highest BCUT2D eigenvalue weighted by molar-refractivity contribution is 6.29. The van der Waals surface area contributed by atoms with E-state index in [1.165, 1.54) is 6.20 Å². The third-order valence-corrected chi connectivity index (χ3v) is 4.19. The maximum absolute atomic E-state index is 5.98. The van der Waals surface area contributed by atoms with E-state index in [0.717, 1.165) is 28.4 Å². The molecule has 0 fully saturated rings. The molecular formula is C19H16ClN5O. The second kappa shape index (κ2) is 7.01. The Morgan fingerprint density at radius 2 is 1.96 bits per heavy atom. The van der Waals surface area contributed by atoms with Crippen LogP contribution in [0, 0.1) is 0 Å². The Balaban J connectivity index is 1.56. The van der Waals surface area contributed by atoms with Crippen molar-refractivity contribution in [3.8, 4) is 17.0 Å². The van der Waals surface area contributed by atoms with Crippen LogP contribution in [0.1, 0.15) is 5.56 Å². The first kappa shape index (κ1) is 16.4. The van der Waals surface area contributed by atoms with Crippen molar-refractivity contribution in [1.82, 2.24) is 19.9 Å². The molecule has 26 heavy (non-hydrogen) atoms. The molecule has 7 heteroatoms. The summed E-state index contributed by atoms with van der Waals surface area (Å²) >= 11 is 5.98. The summed E-state index contributed by atoms with van der Waals surface area (Å²) in [7, 11) is 1.66. The fraction of sp³-hybridized carbons (Fsp3) is 0.105. The number of halogens is 1. The largest absolute Gasteiger partial charge is 0.497 e. The van der Waals surface area contributed by atoms with Gasteiger partial charge in [-0.2, -0.15) is 0 Å². The molecule has 0 radical (unpaired) electrons. The van der Waals surface area contributed by atoms with Crippen LogP contribution < -0.4 is 10.1 Å². The van der Waals surface area contributed by atoms with Crippen LogP contribution in [-0.2, 0) is 6.54 Å². The number of hydrogen-bond donors (Lipinski definition) is 2. The summed E-state index contributed by atoms with van der Waals surface area (Å²) in [5, 5.41) is 3.69. The number of ether oxygens (including phenoxy) is 1. The second-order valence-corrected chi connectivity index (χ2v) is 6.09. The van der Waals surface area contributed by atoms with E-state index in [1.54, 1.807) is 7.11 Å². The minimum Gasteiger partial charge on any atom is -0.497 e. The van der Waals surface area contributed by atoms with Gasteiger partial charge in [-0.3, -0.25) is 0 Å². The van der Waals surface area contributed by atoms with Crippen LogP contribution in [0.2, 0.25) is 5.15 Å². The molecular weight excluding hydrogens is 350 g/mol. The van der Waals surface area contributed by atoms with E-state index in [9.17, 15) is 0 Å². The summed E-state index contributed by atoms with van der Waals surface area (Å²) in [6.07, 6.45) is 3.36. The van der Waals surface area contributed by atoms with Gasteiger partial charge in [-0.15, -0.1) is 0 Å². The van der Waals surface area contributed by atoms with E-state index >= 15 is 0 Å². The van der Waals surface area contributed by atoms with E-state index in [2.05, 4.69) is 25.3 Å². The zero-order valence-corrected chi connectivity index (χ0v) is 14.8. The molecule has 3 heterocycles. The molecule has 1 aromatic carbocycles. The molecule has 0 aliphatic rings. The van der Waals surface area contributed by atoms with Crippen LogP contribution in [0.25, 0.3) is 22.4 Å². The Bertz CT molecular complexity index is 1050. The molecule has 0 spiro atoms. The number of aromatic amines is 1. The highest BCUT2D eigenvalue weighted by Gasteiger charge is 2.11. The number of pyridine rings is 1. The third kappa shape index (κ3) is 3.32. The van der Waals surface area contributed by atoms with Gasteiger partial charge in [0.25, 0.3) is 0 Å². The topological polar surface area (TPSA) is 75.7 Å². The van der Waals surface area contributed by atoms with Crippen LogP contribution in [0.5, 0.6) is 5.75 Å². The van der Waals surface area contributed by atoms with E-state index in [1.807, 2.05) is 48.7 Å². The minimum absolute atomic E-state index is 0.354. The van der Waals surface area contributed by atoms with Crippen molar-refractivity contribution in [3.05, 3.63) is 65.6 Å². The van der Waals surface area contributed by atoms with Crippen molar-refractivity contribution in [2.45, 2.75) is 6.54 Å². The van der Waals surface area contributed by atoms with Crippen LogP contribution >= 0.6 is 11.6 Å². The third-order valence-electron chi connectivity index (χ3n) is 4.01. The molecule has 3 aromatic heterocycles. The van der Waals surface area contributed by atoms with Crippen molar-refractivity contribution in [2.24, 2.45) is 0 Å². The van der Waals surface area contributed by atoms with Gasteiger partial charge in [0.2, 0.25) is 0 Å². The van der Waals surface area contributed by atoms with E-state index in [0.29, 0.717) is 22.9 Å². The molecule has 2 N–H and O–H groups in total. The number of fused-ring (bicyclic) bond motifs is 1. The molecule has 0 aliphatic heterocycles. The molecule has 0 bridgehead atoms. The van der Waals surface area contributed by atoms with Gasteiger partial charge in [-0.1, -0.05) is 29.8 Å². The Morgan fingerprint density at radius 3 is 2.77 bits per heavy atom. The Morgan fingerprint density at radius 1 is 1.12 bits per heavy atom. The molecule has 0 saturated carbocycles. The van der Waals surface area contributed by atoms with E-state index in [4.69, 9.17) is 16.3 Å². The summed E-state index contributed by atoms with van der Waals surface area (Å²) in [4.78, 5) is 16.4. The highest BCUT2D eigenvalue weighted by atomic mass is 35.5. The van der Waals surface area contributed by atoms with Gasteiger partial charge in [0.1, 0.15) is 22.2 Å². The normalized spacial score (nSPS) is 10.8. The van der Waals surface area contributed by atoms with Gasteiger partial charge in [-0.25, -0.2) is 15.0 Å². The summed E-state index contributed by atoms with van der Waals surface area (Å²) < 4.78 is 5.18. The lowest BCUT2D eigenvalue weighted by molar-refractivity contribution is 0.414. The monoisotopic (exact) mass is 365 g/mol. The van der Waals surface area contributed by atoms with Crippen molar-refractivity contribution < 1.29 is 4.74 Å². The Labute approximate surface area is 155 Å². The number of anilines is 1. The van der Waals surface area contributed by atoms with Gasteiger partial charge in [0.15, 0.2) is 5.65 Å². The molecule has 0 atom stereocenters. The number of methoxy groups -OCH3 is 1. The smallest absolute Gasteiger partial charge is 0.156 e. The summed E-state index contributed by atoms with van der Waals surface area (Å²) in [6.45, 7) is 0.667. The first-order valence-corrected chi connectivity index (χ1v) is 8.44. The quantitative estimate of drug-likeness (QED) is 0.551. The standard InChI is InChI=1S/C19H16ClN5O/c1-26-13-7-5-12(6-8-13)9-21-17-4-2-3-15(24-17)14-10-22-19-18(14)25-16(20)11-23-19/h2-8,10-11H,9H2,1H3,(H,21,24)(H,22,23). The lowest BCUT2D eigenvalue weighted by Crippen LogP contribution is -2.01. The first-order chi connectivity index (χ1) is 12.7. The molecule has 130 valence electrons. The van der Waals surface area contributed by atoms with Gasteiger partial charge in [0.05, 0.1) is 19.0 Å². The number of nitrogens with one attached hydrogen (secondary N) is 2. The van der Waals surface area contributed by atoms with Crippen LogP contribution in [0.15, 0.2) is 54.9 Å². The maximum Gasteiger partial charge on any atom is 0.156 e. The summed E-state index contributed by atoms with van der Waals surface area (Å²) in [5.41, 5.74) is 4.19. The van der Waals surface area contributed by atoms with E-state index in [-0.39, 0.29) is 0 Å². The molecule has 4 rings (SSSR count). The molecule has 6 nitrogen and oxygen atoms in total. The molecule has 0 aliphatic carbocycles. The van der Waals surface area contributed by atoms with Crippen molar-refractivity contribution in [2.75, 3.05) is 12.4 Å². The van der Waals surface area contributed by atoms with Crippen molar-refractivity contribution in [3.63, 3.8) is 0 Å². The number of hydrogen-bond acceptors (Lipinski definition) is 5. The van der Waals surface area contributed by atoms with Gasteiger partial charge in [0, 0.05) is 18.3 Å². The predicted molar refractivity (Wildman–Crippen MR) is 102 cm³/mol. The Kier molecular flexibility index (Phi) is 4.41. The van der Waals surface area contributed by atoms with E-state index < -0.39 is 0 Å². The lowest BCUT2D eigenvalue weighted by atomic mass is 10.2. The fourth-order valence-electron chi connectivity index (χ4n) is 2.68. The summed E-state index contributed by atoms with van der Waals surface area (Å²) in [6, 6.07) is 13.7. The number of H-pyrrole nitrogens is 1. The number of rotatable bonds is 5. The summed E-state index contributed by atoms with van der Waals surface area (Å²) in [5.74, 6) is 1.62. The van der Waals surface area contributed by atoms with Crippen LogP contribution in [0.4, 0.5) is 5.82 Å². The average Bonchev–Trinajstić information content (AvgIpc) is 3.10. The molecule has 0 unspecified atom stereocenters. The van der Waals surface area contributed by atoms with Crippen LogP contribution in [-0.4, -0.2) is 27.0 Å². The van der Waals surface area contributed by atoms with Gasteiger partial charge >= 0.3 is 0 Å². The minimum atomic E-state index is 0.354. The van der Waals surface area contributed by atoms with Crippen LogP contribution in [0.3, 0.4) is 0 Å². The molecule has 0 amide bonds. The highest BCUT2D eigenvalue weighted by Crippen LogP contribution is 2.26. The van der Waals surface area contributed by atoms with Crippen molar-refractivity contribution >= 4 is 28.6 Å². The number of benzene rings is 1. The Hall–Kier alpha value is -3.12. The van der Waals surface area contributed by atoms with Gasteiger partial charge < -0.3 is 15.0 Å². The predicted octanol–water partition coefficient (Wildman–Crippen LogP) is 4.29.